The van der Waals surface area contributed by atoms with Crippen molar-refractivity contribution in [3.63, 3.8) is 0 Å². The van der Waals surface area contributed by atoms with Gasteiger partial charge in [0.25, 0.3) is 0 Å². The molecule has 0 aliphatic heterocycles. The van der Waals surface area contributed by atoms with Gasteiger partial charge in [-0.15, -0.1) is 23.5 Å². The summed E-state index contributed by atoms with van der Waals surface area (Å²) in [6, 6.07) is 8.16. The molecule has 112 valence electrons. The van der Waals surface area contributed by atoms with Crippen LogP contribution in [0.2, 0.25) is 0 Å². The van der Waals surface area contributed by atoms with Gasteiger partial charge in [0.15, 0.2) is 0 Å². The van der Waals surface area contributed by atoms with Crippen LogP contribution in [0, 0.1) is 0 Å². The van der Waals surface area contributed by atoms with Crippen molar-refractivity contribution in [2.75, 3.05) is 27.1 Å². The first kappa shape index (κ1) is 18.2. The van der Waals surface area contributed by atoms with Crippen LogP contribution in [-0.2, 0) is 19.0 Å². The third-order valence-corrected chi connectivity index (χ3v) is 8.04. The number of thioether (sulfide) groups is 2. The lowest BCUT2D eigenvalue weighted by atomic mass is 10.2. The van der Waals surface area contributed by atoms with E-state index in [4.69, 9.17) is 25.5 Å². The predicted octanol–water partition coefficient (Wildman–Crippen LogP) is 3.04. The molecule has 0 aromatic heterocycles. The lowest BCUT2D eigenvalue weighted by Gasteiger charge is -2.24. The SMILES string of the molecule is CCSC(=S)SCc1ccc([Si](OC)(OC)OC)cc1. The normalized spacial score (nSPS) is 11.6. The minimum absolute atomic E-state index is 0.883. The van der Waals surface area contributed by atoms with Crippen LogP contribution in [0.1, 0.15) is 12.5 Å². The van der Waals surface area contributed by atoms with Gasteiger partial charge in [-0.3, -0.25) is 0 Å². The van der Waals surface area contributed by atoms with Crippen molar-refractivity contribution in [3.05, 3.63) is 29.8 Å². The summed E-state index contributed by atoms with van der Waals surface area (Å²) in [6.45, 7) is 2.11. The molecule has 0 unspecified atom stereocenters. The number of hydrogen-bond acceptors (Lipinski definition) is 6. The minimum atomic E-state index is -2.71. The maximum absolute atomic E-state index is 5.46. The van der Waals surface area contributed by atoms with E-state index in [-0.39, 0.29) is 0 Å². The van der Waals surface area contributed by atoms with Crippen molar-refractivity contribution in [1.29, 1.82) is 0 Å². The lowest BCUT2D eigenvalue weighted by Crippen LogP contribution is -2.54. The fraction of sp³-hybridized carbons (Fsp3) is 0.462. The van der Waals surface area contributed by atoms with E-state index in [1.807, 2.05) is 12.1 Å². The first-order chi connectivity index (χ1) is 9.61. The lowest BCUT2D eigenvalue weighted by molar-refractivity contribution is 0.140. The zero-order valence-corrected chi connectivity index (χ0v) is 15.6. The standard InChI is InChI=1S/C13H20O3S3Si/c1-5-18-13(17)19-10-11-6-8-12(9-7-11)20(14-2,15-3)16-4/h6-9H,5,10H2,1-4H3. The predicted molar refractivity (Wildman–Crippen MR) is 94.9 cm³/mol. The van der Waals surface area contributed by atoms with Gasteiger partial charge in [0, 0.05) is 32.3 Å². The number of thiocarbonyl (C=S) groups is 1. The van der Waals surface area contributed by atoms with Gasteiger partial charge in [0.1, 0.15) is 3.53 Å². The first-order valence-corrected chi connectivity index (χ1v) is 10.3. The molecule has 0 aliphatic rings. The Balaban J connectivity index is 2.71. The molecule has 0 bridgehead atoms. The Morgan fingerprint density at radius 2 is 1.60 bits per heavy atom. The molecule has 0 spiro atoms. The quantitative estimate of drug-likeness (QED) is 0.555. The van der Waals surface area contributed by atoms with Crippen molar-refractivity contribution >= 4 is 53.3 Å². The molecule has 0 N–H and O–H groups in total. The summed E-state index contributed by atoms with van der Waals surface area (Å²) >= 11 is 8.67. The largest absolute Gasteiger partial charge is 0.536 e. The molecule has 20 heavy (non-hydrogen) atoms. The third kappa shape index (κ3) is 4.83. The summed E-state index contributed by atoms with van der Waals surface area (Å²) in [5.74, 6) is 1.90. The smallest absolute Gasteiger partial charge is 0.373 e. The topological polar surface area (TPSA) is 27.7 Å². The molecule has 7 heteroatoms. The van der Waals surface area contributed by atoms with Crippen molar-refractivity contribution in [2.45, 2.75) is 12.7 Å². The Bertz CT molecular complexity index is 413. The molecule has 0 heterocycles. The summed E-state index contributed by atoms with van der Waals surface area (Å²) < 4.78 is 17.4. The van der Waals surface area contributed by atoms with E-state index in [0.717, 1.165) is 20.2 Å². The summed E-state index contributed by atoms with van der Waals surface area (Å²) in [5.41, 5.74) is 1.23. The molecule has 0 saturated heterocycles. The molecule has 3 nitrogen and oxygen atoms in total. The van der Waals surface area contributed by atoms with Crippen molar-refractivity contribution in [2.24, 2.45) is 0 Å². The van der Waals surface area contributed by atoms with E-state index in [0.29, 0.717) is 0 Å². The zero-order valence-electron chi connectivity index (χ0n) is 12.2. The highest BCUT2D eigenvalue weighted by Crippen LogP contribution is 2.21. The van der Waals surface area contributed by atoms with E-state index in [9.17, 15) is 0 Å². The van der Waals surface area contributed by atoms with Crippen LogP contribution in [-0.4, -0.2) is 39.4 Å². The van der Waals surface area contributed by atoms with Crippen LogP contribution in [0.25, 0.3) is 0 Å². The van der Waals surface area contributed by atoms with Crippen LogP contribution in [0.5, 0.6) is 0 Å². The summed E-state index contributed by atoms with van der Waals surface area (Å²) in [4.78, 5) is 0. The molecular formula is C13H20O3S3Si. The molecule has 0 saturated carbocycles. The molecule has 1 aromatic rings. The molecule has 0 atom stereocenters. The Kier molecular flexibility index (Phi) is 8.34. The summed E-state index contributed by atoms with van der Waals surface area (Å²) in [5, 5.41) is 0.962. The Hall–Kier alpha value is 0.107. The van der Waals surface area contributed by atoms with Gasteiger partial charge < -0.3 is 13.3 Å². The zero-order chi connectivity index (χ0) is 15.0. The Labute approximate surface area is 136 Å². The number of rotatable bonds is 7. The van der Waals surface area contributed by atoms with Crippen molar-refractivity contribution in [3.8, 4) is 0 Å². The number of hydrogen-bond donors (Lipinski definition) is 0. The maximum Gasteiger partial charge on any atom is 0.536 e. The van der Waals surface area contributed by atoms with Gasteiger partial charge in [-0.05, 0) is 11.3 Å². The molecule has 0 amide bonds. The van der Waals surface area contributed by atoms with E-state index in [1.165, 1.54) is 5.56 Å². The van der Waals surface area contributed by atoms with Crippen molar-refractivity contribution in [1.82, 2.24) is 0 Å². The highest BCUT2D eigenvalue weighted by atomic mass is 32.2. The van der Waals surface area contributed by atoms with E-state index < -0.39 is 8.80 Å². The summed E-state index contributed by atoms with van der Waals surface area (Å²) in [6.07, 6.45) is 0. The monoisotopic (exact) mass is 348 g/mol. The van der Waals surface area contributed by atoms with Crippen molar-refractivity contribution < 1.29 is 13.3 Å². The number of benzene rings is 1. The molecule has 1 aromatic carbocycles. The van der Waals surface area contributed by atoms with E-state index >= 15 is 0 Å². The second-order valence-corrected chi connectivity index (χ2v) is 10.2. The average molecular weight is 349 g/mol. The third-order valence-electron chi connectivity index (χ3n) is 2.73. The highest BCUT2D eigenvalue weighted by Gasteiger charge is 2.40. The molecular weight excluding hydrogens is 328 g/mol. The Morgan fingerprint density at radius 3 is 2.05 bits per heavy atom. The fourth-order valence-electron chi connectivity index (χ4n) is 1.71. The average Bonchev–Trinajstić information content (AvgIpc) is 2.49. The first-order valence-electron chi connectivity index (χ1n) is 6.16. The second-order valence-electron chi connectivity index (χ2n) is 3.84. The van der Waals surface area contributed by atoms with Gasteiger partial charge in [0.2, 0.25) is 0 Å². The van der Waals surface area contributed by atoms with Gasteiger partial charge in [0.05, 0.1) is 0 Å². The van der Waals surface area contributed by atoms with Crippen LogP contribution in [0.3, 0.4) is 0 Å². The molecule has 0 radical (unpaired) electrons. The maximum atomic E-state index is 5.46. The van der Waals surface area contributed by atoms with E-state index in [1.54, 1.807) is 44.9 Å². The van der Waals surface area contributed by atoms with Gasteiger partial charge in [-0.25, -0.2) is 0 Å². The second kappa shape index (κ2) is 9.19. The molecule has 1 rings (SSSR count). The van der Waals surface area contributed by atoms with Crippen LogP contribution in [0.15, 0.2) is 24.3 Å². The Morgan fingerprint density at radius 1 is 1.05 bits per heavy atom. The van der Waals surface area contributed by atoms with E-state index in [2.05, 4.69) is 19.1 Å². The molecule has 0 aliphatic carbocycles. The highest BCUT2D eigenvalue weighted by molar-refractivity contribution is 8.46. The van der Waals surface area contributed by atoms with Gasteiger partial charge >= 0.3 is 8.80 Å². The summed E-state index contributed by atoms with van der Waals surface area (Å²) in [7, 11) is 2.13. The van der Waals surface area contributed by atoms with Gasteiger partial charge in [-0.1, -0.05) is 43.4 Å². The van der Waals surface area contributed by atoms with Crippen LogP contribution >= 0.6 is 35.7 Å². The van der Waals surface area contributed by atoms with Crippen LogP contribution in [0.4, 0.5) is 0 Å². The fourth-order valence-corrected chi connectivity index (χ4v) is 5.60. The van der Waals surface area contributed by atoms with Crippen LogP contribution < -0.4 is 5.19 Å². The molecule has 0 fully saturated rings. The van der Waals surface area contributed by atoms with Gasteiger partial charge in [-0.2, -0.15) is 0 Å². The minimum Gasteiger partial charge on any atom is -0.373 e.